The lowest BCUT2D eigenvalue weighted by Crippen LogP contribution is -2.48. The molecule has 2 bridgehead atoms. The van der Waals surface area contributed by atoms with Crippen LogP contribution in [0.1, 0.15) is 34.5 Å². The van der Waals surface area contributed by atoms with Gasteiger partial charge in [-0.25, -0.2) is 0 Å². The Labute approximate surface area is 157 Å². The number of carbonyl (C=O) groups is 2. The fraction of sp³-hybridized carbons (Fsp3) is 0.632. The van der Waals surface area contributed by atoms with Crippen LogP contribution in [0.2, 0.25) is 0 Å². The summed E-state index contributed by atoms with van der Waals surface area (Å²) in [4.78, 5) is 43.4. The number of carboxylic acid groups (broad SMARTS) is 1. The summed E-state index contributed by atoms with van der Waals surface area (Å²) in [5.74, 6) is -1.11. The first kappa shape index (κ1) is 18.2. The molecule has 2 fully saturated rings. The molecule has 8 nitrogen and oxygen atoms in total. The van der Waals surface area contributed by atoms with Crippen LogP contribution in [-0.4, -0.2) is 77.2 Å². The van der Waals surface area contributed by atoms with Crippen LogP contribution >= 0.6 is 0 Å². The second-order valence-corrected chi connectivity index (χ2v) is 7.83. The number of rotatable bonds is 3. The van der Waals surface area contributed by atoms with E-state index in [1.807, 2.05) is 4.90 Å². The molecule has 1 aromatic rings. The lowest BCUT2D eigenvalue weighted by Gasteiger charge is -2.30. The Morgan fingerprint density at radius 1 is 1.19 bits per heavy atom. The summed E-state index contributed by atoms with van der Waals surface area (Å²) in [5, 5.41) is 9.12. The number of nitrogens with one attached hydrogen (secondary N) is 1. The van der Waals surface area contributed by atoms with Crippen LogP contribution in [0.15, 0.2) is 10.9 Å². The van der Waals surface area contributed by atoms with Crippen molar-refractivity contribution in [1.29, 1.82) is 0 Å². The average Bonchev–Trinajstić information content (AvgIpc) is 2.90. The van der Waals surface area contributed by atoms with Crippen molar-refractivity contribution in [3.05, 3.63) is 33.2 Å². The number of aromatic nitrogens is 1. The molecule has 4 rings (SSSR count). The zero-order valence-electron chi connectivity index (χ0n) is 15.3. The Morgan fingerprint density at radius 3 is 2.81 bits per heavy atom. The van der Waals surface area contributed by atoms with Crippen LogP contribution in [-0.2, 0) is 22.4 Å². The van der Waals surface area contributed by atoms with Gasteiger partial charge in [0.1, 0.15) is 5.56 Å². The first-order valence-electron chi connectivity index (χ1n) is 9.59. The van der Waals surface area contributed by atoms with Crippen molar-refractivity contribution >= 4 is 11.9 Å². The Morgan fingerprint density at radius 2 is 2.00 bits per heavy atom. The second-order valence-electron chi connectivity index (χ2n) is 7.83. The van der Waals surface area contributed by atoms with Gasteiger partial charge in [0, 0.05) is 31.2 Å². The number of H-pyrrole nitrogens is 1. The van der Waals surface area contributed by atoms with Crippen molar-refractivity contribution < 1.29 is 19.4 Å². The molecule has 2 N–H and O–H groups in total. The van der Waals surface area contributed by atoms with Gasteiger partial charge in [-0.1, -0.05) is 0 Å². The number of carbonyl (C=O) groups excluding carboxylic acids is 1. The first-order chi connectivity index (χ1) is 13.0. The topological polar surface area (TPSA) is 103 Å². The maximum absolute atomic E-state index is 13.2. The molecule has 1 aliphatic carbocycles. The molecule has 0 saturated carbocycles. The summed E-state index contributed by atoms with van der Waals surface area (Å²) in [5.41, 5.74) is 1.87. The number of hydrogen-bond acceptors (Lipinski definition) is 5. The van der Waals surface area contributed by atoms with E-state index in [2.05, 4.69) is 4.98 Å². The lowest BCUT2D eigenvalue weighted by molar-refractivity contribution is -0.138. The van der Waals surface area contributed by atoms with Crippen molar-refractivity contribution in [3.63, 3.8) is 0 Å². The summed E-state index contributed by atoms with van der Waals surface area (Å²) in [7, 11) is 0. The van der Waals surface area contributed by atoms with Crippen LogP contribution in [0.5, 0.6) is 0 Å². The summed E-state index contributed by atoms with van der Waals surface area (Å²) in [6.07, 6.45) is 3.86. The lowest BCUT2D eigenvalue weighted by atomic mass is 9.94. The van der Waals surface area contributed by atoms with E-state index in [1.54, 1.807) is 11.0 Å². The molecule has 2 atom stereocenters. The molecule has 1 amide bonds. The van der Waals surface area contributed by atoms with Gasteiger partial charge in [-0.2, -0.15) is 0 Å². The molecule has 2 saturated heterocycles. The van der Waals surface area contributed by atoms with Crippen LogP contribution in [0.25, 0.3) is 0 Å². The number of aryl methyl sites for hydroxylation is 2. The average molecular weight is 375 g/mol. The van der Waals surface area contributed by atoms with E-state index in [0.717, 1.165) is 36.9 Å². The highest BCUT2D eigenvalue weighted by Crippen LogP contribution is 2.23. The van der Waals surface area contributed by atoms with Gasteiger partial charge in [-0.15, -0.1) is 0 Å². The first-order valence-corrected chi connectivity index (χ1v) is 9.59. The zero-order chi connectivity index (χ0) is 19.0. The molecule has 1 aromatic heterocycles. The van der Waals surface area contributed by atoms with Gasteiger partial charge in [0.15, 0.2) is 0 Å². The van der Waals surface area contributed by atoms with Crippen LogP contribution < -0.4 is 5.56 Å². The zero-order valence-corrected chi connectivity index (χ0v) is 15.3. The third-order valence-electron chi connectivity index (χ3n) is 5.73. The van der Waals surface area contributed by atoms with Crippen LogP contribution in [0.3, 0.4) is 0 Å². The predicted molar refractivity (Wildman–Crippen MR) is 96.9 cm³/mol. The van der Waals surface area contributed by atoms with Crippen LogP contribution in [0.4, 0.5) is 0 Å². The van der Waals surface area contributed by atoms with E-state index in [4.69, 9.17) is 9.84 Å². The van der Waals surface area contributed by atoms with Crippen molar-refractivity contribution in [2.24, 2.45) is 5.92 Å². The number of amides is 1. The molecule has 3 aliphatic rings. The third-order valence-corrected chi connectivity index (χ3v) is 5.73. The molecular formula is C19H25N3O5. The van der Waals surface area contributed by atoms with Crippen molar-refractivity contribution in [2.75, 3.05) is 39.4 Å². The smallest absolute Gasteiger partial charge is 0.317 e. The van der Waals surface area contributed by atoms with E-state index in [0.29, 0.717) is 32.8 Å². The van der Waals surface area contributed by atoms with Gasteiger partial charge in [-0.05, 0) is 37.3 Å². The van der Waals surface area contributed by atoms with Crippen molar-refractivity contribution in [1.82, 2.24) is 14.8 Å². The molecule has 3 heterocycles. The van der Waals surface area contributed by atoms with Gasteiger partial charge < -0.3 is 19.7 Å². The Bertz CT molecular complexity index is 805. The third kappa shape index (κ3) is 3.77. The molecule has 0 radical (unpaired) electrons. The molecule has 8 heteroatoms. The SMILES string of the molecule is O=C(O)CN1C[C@@H]2COC[C@H](C1)N(C(=O)c1cc3c([nH]c1=O)CCCC3)C2. The number of hydrogen-bond donors (Lipinski definition) is 2. The molecule has 2 aliphatic heterocycles. The normalized spacial score (nSPS) is 25.6. The van der Waals surface area contributed by atoms with E-state index < -0.39 is 5.97 Å². The van der Waals surface area contributed by atoms with Gasteiger partial charge in [0.05, 0.1) is 25.8 Å². The number of nitrogens with zero attached hydrogens (tertiary/aromatic N) is 2. The predicted octanol–water partition coefficient (Wildman–Crippen LogP) is 0.111. The van der Waals surface area contributed by atoms with Gasteiger partial charge >= 0.3 is 5.97 Å². The summed E-state index contributed by atoms with van der Waals surface area (Å²) in [6, 6.07) is 1.51. The Balaban J connectivity index is 1.61. The number of ether oxygens (including phenoxy) is 1. The monoisotopic (exact) mass is 375 g/mol. The highest BCUT2D eigenvalue weighted by Gasteiger charge is 2.37. The summed E-state index contributed by atoms with van der Waals surface area (Å²) >= 11 is 0. The van der Waals surface area contributed by atoms with Crippen LogP contribution in [0, 0.1) is 5.92 Å². The highest BCUT2D eigenvalue weighted by molar-refractivity contribution is 5.94. The minimum atomic E-state index is -0.875. The maximum atomic E-state index is 13.2. The highest BCUT2D eigenvalue weighted by atomic mass is 16.5. The number of carboxylic acids is 1. The van der Waals surface area contributed by atoms with Gasteiger partial charge in [0.25, 0.3) is 11.5 Å². The summed E-state index contributed by atoms with van der Waals surface area (Å²) in [6.45, 7) is 2.31. The standard InChI is InChI=1S/C19H25N3O5/c23-17(24)9-21-6-12-7-22(14(8-21)11-27-10-12)19(26)15-5-13-3-1-2-4-16(13)20-18(15)25/h5,12,14H,1-4,6-11H2,(H,20,25)(H,23,24)/t12-,14-/m0/s1. The number of aliphatic carboxylic acids is 1. The second kappa shape index (κ2) is 7.44. The fourth-order valence-electron chi connectivity index (χ4n) is 4.50. The molecule has 27 heavy (non-hydrogen) atoms. The van der Waals surface area contributed by atoms with E-state index in [1.165, 1.54) is 0 Å². The van der Waals surface area contributed by atoms with E-state index >= 15 is 0 Å². The fourth-order valence-corrected chi connectivity index (χ4v) is 4.50. The number of pyridine rings is 1. The van der Waals surface area contributed by atoms with E-state index in [9.17, 15) is 14.4 Å². The molecule has 0 spiro atoms. The van der Waals surface area contributed by atoms with Gasteiger partial charge in [0.2, 0.25) is 0 Å². The van der Waals surface area contributed by atoms with Crippen molar-refractivity contribution in [2.45, 2.75) is 31.7 Å². The molecular weight excluding hydrogens is 350 g/mol. The molecule has 146 valence electrons. The number of fused-ring (bicyclic) bond motifs is 4. The Kier molecular flexibility index (Phi) is 5.01. The quantitative estimate of drug-likeness (QED) is 0.777. The largest absolute Gasteiger partial charge is 0.480 e. The van der Waals surface area contributed by atoms with Gasteiger partial charge in [-0.3, -0.25) is 19.3 Å². The molecule has 0 unspecified atom stereocenters. The van der Waals surface area contributed by atoms with Crippen molar-refractivity contribution in [3.8, 4) is 0 Å². The number of aromatic amines is 1. The minimum Gasteiger partial charge on any atom is -0.480 e. The Hall–Kier alpha value is -2.19. The molecule has 0 aromatic carbocycles. The van der Waals surface area contributed by atoms with E-state index in [-0.39, 0.29) is 35.5 Å². The minimum absolute atomic E-state index is 0.0394. The maximum Gasteiger partial charge on any atom is 0.317 e. The summed E-state index contributed by atoms with van der Waals surface area (Å²) < 4.78 is 5.70.